The Hall–Kier alpha value is -7.21. The van der Waals surface area contributed by atoms with Crippen LogP contribution < -0.4 is 10.3 Å². The van der Waals surface area contributed by atoms with Gasteiger partial charge in [-0.15, -0.1) is 0 Å². The van der Waals surface area contributed by atoms with Crippen molar-refractivity contribution in [2.45, 2.75) is 83.6 Å². The van der Waals surface area contributed by atoms with Gasteiger partial charge in [-0.05, 0) is 141 Å². The molecule has 2 amide bonds. The number of nitrogens with zero attached hydrogens (tertiary/aromatic N) is 8. The Labute approximate surface area is 425 Å². The number of phenols is 1. The second-order valence-corrected chi connectivity index (χ2v) is 20.7. The maximum atomic E-state index is 15.9. The Bertz CT molecular complexity index is 3350. The number of aromatic nitrogens is 3. The fourth-order valence-corrected chi connectivity index (χ4v) is 12.0. The summed E-state index contributed by atoms with van der Waals surface area (Å²) in [6, 6.07) is 30.9. The van der Waals surface area contributed by atoms with Crippen LogP contribution in [0.15, 0.2) is 95.8 Å². The van der Waals surface area contributed by atoms with Gasteiger partial charge in [0.1, 0.15) is 36.0 Å². The van der Waals surface area contributed by atoms with Crippen molar-refractivity contribution < 1.29 is 23.8 Å². The molecule has 11 rings (SSSR count). The Morgan fingerprint density at radius 3 is 2.29 bits per heavy atom. The molecule has 13 nitrogen and oxygen atoms in total. The van der Waals surface area contributed by atoms with Gasteiger partial charge in [0.2, 0.25) is 5.91 Å². The van der Waals surface area contributed by atoms with E-state index in [1.54, 1.807) is 28.8 Å². The minimum Gasteiger partial charge on any atom is -0.508 e. The topological polar surface area (TPSA) is 132 Å². The summed E-state index contributed by atoms with van der Waals surface area (Å²) in [7, 11) is 3.74. The molecule has 1 atom stereocenters. The van der Waals surface area contributed by atoms with E-state index in [-0.39, 0.29) is 35.6 Å². The van der Waals surface area contributed by atoms with E-state index in [1.807, 2.05) is 77.5 Å². The molecular weight excluding hydrogens is 920 g/mol. The number of piperidine rings is 2. The number of carbonyl (C=O) groups excluding carboxylic acids is 2. The third-order valence-corrected chi connectivity index (χ3v) is 16.2. The van der Waals surface area contributed by atoms with E-state index in [9.17, 15) is 19.6 Å². The molecular formula is C59H63FN8O5. The van der Waals surface area contributed by atoms with Gasteiger partial charge in [-0.1, -0.05) is 42.8 Å². The first-order chi connectivity index (χ1) is 35.4. The van der Waals surface area contributed by atoms with Crippen molar-refractivity contribution in [3.8, 4) is 34.5 Å². The summed E-state index contributed by atoms with van der Waals surface area (Å²) >= 11 is 0. The number of hydrogen-bond acceptors (Lipinski definition) is 8. The molecule has 3 aromatic heterocycles. The molecule has 4 aliphatic heterocycles. The summed E-state index contributed by atoms with van der Waals surface area (Å²) in [4.78, 5) is 53.7. The molecule has 0 spiro atoms. The number of fused-ring (bicyclic) bond motifs is 5. The van der Waals surface area contributed by atoms with Crippen molar-refractivity contribution in [2.24, 2.45) is 14.1 Å². The Morgan fingerprint density at radius 1 is 0.808 bits per heavy atom. The van der Waals surface area contributed by atoms with E-state index in [4.69, 9.17) is 4.74 Å². The van der Waals surface area contributed by atoms with Crippen LogP contribution in [-0.2, 0) is 51.2 Å². The minimum atomic E-state index is -0.704. The number of halogens is 1. The molecule has 0 bridgehead atoms. The fraction of sp³-hybridized carbons (Fsp3) is 0.390. The van der Waals surface area contributed by atoms with Crippen LogP contribution in [0.2, 0.25) is 0 Å². The molecule has 4 aliphatic rings. The lowest BCUT2D eigenvalue weighted by molar-refractivity contribution is -0.131. The van der Waals surface area contributed by atoms with Crippen molar-refractivity contribution in [3.05, 3.63) is 146 Å². The summed E-state index contributed by atoms with van der Waals surface area (Å²) < 4.78 is 25.0. The number of nitriles is 1. The zero-order valence-corrected chi connectivity index (χ0v) is 42.1. The van der Waals surface area contributed by atoms with E-state index < -0.39 is 6.17 Å². The highest BCUT2D eigenvalue weighted by Gasteiger charge is 2.35. The first kappa shape index (κ1) is 48.1. The lowest BCUT2D eigenvalue weighted by Gasteiger charge is -2.41. The average Bonchev–Trinajstić information content (AvgIpc) is 3.88. The van der Waals surface area contributed by atoms with Gasteiger partial charge in [-0.2, -0.15) is 5.26 Å². The highest BCUT2D eigenvalue weighted by Crippen LogP contribution is 2.40. The minimum absolute atomic E-state index is 0.00386. The SMILES string of the molecule is Cc1c2c(c(C#N)n1C)c1c(cc(-c3cc4c(cc3C(=O)N3Cc5ccccc5C[C@H]3CN3CCCCC3)CN(C(=O)Cc3ccc(OCCN5CCC(F)CC5)cc3)CC4)n1C)c(=O)n2-c1ccc(O)cc1. The number of hydrogen-bond donors (Lipinski definition) is 1. The van der Waals surface area contributed by atoms with Gasteiger partial charge in [-0.25, -0.2) is 4.39 Å². The van der Waals surface area contributed by atoms with Crippen molar-refractivity contribution in [1.29, 1.82) is 5.26 Å². The van der Waals surface area contributed by atoms with Crippen molar-refractivity contribution in [3.63, 3.8) is 0 Å². The summed E-state index contributed by atoms with van der Waals surface area (Å²) in [6.07, 6.45) is 5.47. The number of pyridine rings is 1. The number of aryl methyl sites for hydroxylation is 2. The molecule has 2 saturated heterocycles. The van der Waals surface area contributed by atoms with E-state index in [2.05, 4.69) is 45.0 Å². The van der Waals surface area contributed by atoms with Crippen molar-refractivity contribution >= 4 is 33.6 Å². The van der Waals surface area contributed by atoms with Gasteiger partial charge in [0.15, 0.2) is 0 Å². The first-order valence-corrected chi connectivity index (χ1v) is 26.0. The summed E-state index contributed by atoms with van der Waals surface area (Å²) in [5.74, 6) is 0.697. The van der Waals surface area contributed by atoms with Crippen molar-refractivity contribution in [2.75, 3.05) is 52.4 Å². The van der Waals surface area contributed by atoms with Gasteiger partial charge < -0.3 is 33.7 Å². The largest absolute Gasteiger partial charge is 0.508 e. The van der Waals surface area contributed by atoms with Crippen LogP contribution in [0.4, 0.5) is 4.39 Å². The highest BCUT2D eigenvalue weighted by molar-refractivity contribution is 6.11. The maximum Gasteiger partial charge on any atom is 0.265 e. The van der Waals surface area contributed by atoms with Crippen LogP contribution in [0.3, 0.4) is 0 Å². The van der Waals surface area contributed by atoms with Gasteiger partial charge in [0.25, 0.3) is 11.5 Å². The summed E-state index contributed by atoms with van der Waals surface area (Å²) in [5, 5.41) is 22.0. The Balaban J connectivity index is 0.967. The molecule has 0 aliphatic carbocycles. The lowest BCUT2D eigenvalue weighted by atomic mass is 9.89. The van der Waals surface area contributed by atoms with Gasteiger partial charge in [0.05, 0.1) is 28.2 Å². The number of ether oxygens (including phenoxy) is 1. The van der Waals surface area contributed by atoms with Gasteiger partial charge >= 0.3 is 0 Å². The zero-order chi connectivity index (χ0) is 50.5. The summed E-state index contributed by atoms with van der Waals surface area (Å²) in [6.45, 7) is 8.73. The Kier molecular flexibility index (Phi) is 13.2. The van der Waals surface area contributed by atoms with E-state index >= 15 is 9.59 Å². The van der Waals surface area contributed by atoms with E-state index in [1.165, 1.54) is 12.0 Å². The van der Waals surface area contributed by atoms with Crippen LogP contribution in [0, 0.1) is 18.3 Å². The third-order valence-electron chi connectivity index (χ3n) is 16.2. The third kappa shape index (κ3) is 9.18. The standard InChI is InChI=1S/C59H63FN8O5/c1-38-56-55(53(34-61)62(38)2)57-51(59(72)68(56)45-13-15-47(69)16-14-45)33-52(63(57)3)49-31-41-19-26-66(54(70)29-39-11-17-48(18-12-39)73-28-27-64-24-20-44(60)21-25-64)35-43(41)32-50(49)58(71)67-36-42-10-6-5-9-40(42)30-46(67)37-65-22-7-4-8-23-65/h5-6,9-18,31-33,44,46,69H,4,7-8,19-30,35-37H2,1-3H3/t46-/m0/s1. The van der Waals surface area contributed by atoms with Crippen LogP contribution in [0.5, 0.6) is 11.5 Å². The summed E-state index contributed by atoms with van der Waals surface area (Å²) in [5.41, 5.74) is 9.70. The molecule has 7 aromatic rings. The lowest BCUT2D eigenvalue weighted by Crippen LogP contribution is -2.51. The fourth-order valence-electron chi connectivity index (χ4n) is 12.0. The molecule has 376 valence electrons. The maximum absolute atomic E-state index is 15.9. The van der Waals surface area contributed by atoms with Gasteiger partial charge in [-0.3, -0.25) is 23.9 Å². The molecule has 4 aromatic carbocycles. The smallest absolute Gasteiger partial charge is 0.265 e. The molecule has 1 N–H and O–H groups in total. The van der Waals surface area contributed by atoms with Gasteiger partial charge in [0, 0.05) is 94.2 Å². The second-order valence-electron chi connectivity index (χ2n) is 20.7. The Morgan fingerprint density at radius 2 is 1.55 bits per heavy atom. The molecule has 0 unspecified atom stereocenters. The number of carbonyl (C=O) groups is 2. The van der Waals surface area contributed by atoms with Crippen molar-refractivity contribution in [1.82, 2.24) is 33.3 Å². The molecule has 7 heterocycles. The molecule has 2 fully saturated rings. The molecule has 14 heteroatoms. The van der Waals surface area contributed by atoms with E-state index in [0.717, 1.165) is 92.2 Å². The zero-order valence-electron chi connectivity index (χ0n) is 42.1. The molecule has 0 saturated carbocycles. The average molecular weight is 983 g/mol. The first-order valence-electron chi connectivity index (χ1n) is 26.0. The number of aromatic hydroxyl groups is 1. The number of amides is 2. The second kappa shape index (κ2) is 20.0. The number of phenolic OH excluding ortho intramolecular Hbond substituents is 1. The molecule has 0 radical (unpaired) electrons. The van der Waals surface area contributed by atoms with E-state index in [0.29, 0.717) is 95.5 Å². The number of likely N-dealkylation sites (tertiary alicyclic amines) is 2. The predicted molar refractivity (Wildman–Crippen MR) is 281 cm³/mol. The number of rotatable bonds is 11. The van der Waals surface area contributed by atoms with Crippen LogP contribution in [0.25, 0.3) is 38.8 Å². The number of benzene rings is 4. The quantitative estimate of drug-likeness (QED) is 0.137. The number of alkyl halides is 1. The van der Waals surface area contributed by atoms with Crippen LogP contribution >= 0.6 is 0 Å². The monoisotopic (exact) mass is 982 g/mol. The highest BCUT2D eigenvalue weighted by atomic mass is 19.1. The molecule has 73 heavy (non-hydrogen) atoms. The predicted octanol–water partition coefficient (Wildman–Crippen LogP) is 8.37. The van der Waals surface area contributed by atoms with Crippen LogP contribution in [0.1, 0.15) is 81.7 Å². The van der Waals surface area contributed by atoms with Crippen LogP contribution in [-0.4, -0.2) is 115 Å². The normalized spacial score (nSPS) is 17.7.